The molecule has 1 heterocycles. The lowest BCUT2D eigenvalue weighted by Gasteiger charge is -2.11. The van der Waals surface area contributed by atoms with E-state index in [1.165, 1.54) is 36.5 Å². The second kappa shape index (κ2) is 13.2. The summed E-state index contributed by atoms with van der Waals surface area (Å²) in [7, 11) is 0. The summed E-state index contributed by atoms with van der Waals surface area (Å²) in [6.45, 7) is 0. The molecule has 4 N–H and O–H groups in total. The van der Waals surface area contributed by atoms with Gasteiger partial charge in [-0.15, -0.1) is 0 Å². The number of hydrogen-bond acceptors (Lipinski definition) is 5. The Bertz CT molecular complexity index is 1560. The predicted molar refractivity (Wildman–Crippen MR) is 151 cm³/mol. The summed E-state index contributed by atoms with van der Waals surface area (Å²) in [5, 5.41) is 6.06. The van der Waals surface area contributed by atoms with Crippen molar-refractivity contribution >= 4 is 58.5 Å². The molecule has 202 valence electrons. The minimum Gasteiger partial charge on any atom is -0.457 e. The average Bonchev–Trinajstić information content (AvgIpc) is 2.94. The smallest absolute Gasteiger partial charge is 0.323 e. The number of nitrogens with zero attached hydrogens (tertiary/aromatic N) is 1. The molecule has 40 heavy (non-hydrogen) atoms. The number of benzene rings is 3. The maximum Gasteiger partial charge on any atom is 0.323 e. The standard InChI is InChI=1S/C28H20Cl2FN5O4/c29-18-4-1-17(2-5-18)3-12-26(37)35-36-27(38)25-16-22(13-14-32-25)40-21-10-11-24(23(31)15-21)34-28(39)33-20-8-6-19(30)7-9-20/h1-16H,(H,35,37)(H,36,38)(H2,33,34,39). The quantitative estimate of drug-likeness (QED) is 0.148. The second-order valence-electron chi connectivity index (χ2n) is 8.03. The maximum absolute atomic E-state index is 14.6. The fraction of sp³-hybridized carbons (Fsp3) is 0. The van der Waals surface area contributed by atoms with Crippen LogP contribution in [0.1, 0.15) is 16.1 Å². The Morgan fingerprint density at radius 1 is 0.800 bits per heavy atom. The number of urea groups is 1. The first-order chi connectivity index (χ1) is 19.2. The molecular weight excluding hydrogens is 560 g/mol. The van der Waals surface area contributed by atoms with Crippen LogP contribution in [-0.2, 0) is 4.79 Å². The Morgan fingerprint density at radius 3 is 2.17 bits per heavy atom. The predicted octanol–water partition coefficient (Wildman–Crippen LogP) is 6.44. The molecule has 0 aliphatic carbocycles. The first-order valence-corrected chi connectivity index (χ1v) is 12.3. The van der Waals surface area contributed by atoms with Gasteiger partial charge in [-0.25, -0.2) is 9.18 Å². The average molecular weight is 580 g/mol. The fourth-order valence-corrected chi connectivity index (χ4v) is 3.44. The molecule has 0 unspecified atom stereocenters. The Labute approximate surface area is 237 Å². The number of ether oxygens (including phenoxy) is 1. The first kappa shape index (κ1) is 28.1. The van der Waals surface area contributed by atoms with Crippen molar-refractivity contribution in [1.82, 2.24) is 15.8 Å². The van der Waals surface area contributed by atoms with Crippen LogP contribution in [0.4, 0.5) is 20.6 Å². The van der Waals surface area contributed by atoms with Crippen LogP contribution in [-0.4, -0.2) is 22.8 Å². The molecule has 0 bridgehead atoms. The normalized spacial score (nSPS) is 10.6. The summed E-state index contributed by atoms with van der Waals surface area (Å²) < 4.78 is 20.2. The Kier molecular flexibility index (Phi) is 9.29. The van der Waals surface area contributed by atoms with E-state index in [0.29, 0.717) is 15.7 Å². The molecular formula is C28H20Cl2FN5O4. The van der Waals surface area contributed by atoms with E-state index < -0.39 is 23.7 Å². The van der Waals surface area contributed by atoms with Gasteiger partial charge in [-0.1, -0.05) is 35.3 Å². The summed E-state index contributed by atoms with van der Waals surface area (Å²) in [5.41, 5.74) is 5.60. The number of hydrogen-bond donors (Lipinski definition) is 4. The first-order valence-electron chi connectivity index (χ1n) is 11.6. The zero-order valence-corrected chi connectivity index (χ0v) is 22.0. The Hall–Kier alpha value is -4.93. The van der Waals surface area contributed by atoms with Gasteiger partial charge in [0.2, 0.25) is 0 Å². The molecule has 0 saturated carbocycles. The number of pyridine rings is 1. The second-order valence-corrected chi connectivity index (χ2v) is 8.91. The lowest BCUT2D eigenvalue weighted by molar-refractivity contribution is -0.117. The van der Waals surface area contributed by atoms with E-state index >= 15 is 0 Å². The van der Waals surface area contributed by atoms with E-state index in [-0.39, 0.29) is 22.9 Å². The Balaban J connectivity index is 1.30. The van der Waals surface area contributed by atoms with E-state index in [1.807, 2.05) is 0 Å². The van der Waals surface area contributed by atoms with E-state index in [2.05, 4.69) is 26.5 Å². The van der Waals surface area contributed by atoms with E-state index in [0.717, 1.165) is 11.6 Å². The molecule has 0 spiro atoms. The number of amides is 4. The van der Waals surface area contributed by atoms with Crippen molar-refractivity contribution in [2.24, 2.45) is 0 Å². The number of anilines is 2. The highest BCUT2D eigenvalue weighted by Gasteiger charge is 2.12. The highest BCUT2D eigenvalue weighted by Crippen LogP contribution is 2.26. The monoisotopic (exact) mass is 579 g/mol. The van der Waals surface area contributed by atoms with Gasteiger partial charge in [0.05, 0.1) is 5.69 Å². The summed E-state index contributed by atoms with van der Waals surface area (Å²) in [6, 6.07) is 19.2. The van der Waals surface area contributed by atoms with Crippen LogP contribution in [0, 0.1) is 5.82 Å². The van der Waals surface area contributed by atoms with Gasteiger partial charge in [0.25, 0.3) is 11.8 Å². The number of rotatable bonds is 7. The zero-order chi connectivity index (χ0) is 28.5. The molecule has 4 rings (SSSR count). The SMILES string of the molecule is O=C(C=Cc1ccc(Cl)cc1)NNC(=O)c1cc(Oc2ccc(NC(=O)Nc3ccc(Cl)cc3)c(F)c2)ccn1. The molecule has 4 aromatic rings. The summed E-state index contributed by atoms with van der Waals surface area (Å²) in [5.74, 6) is -1.71. The molecule has 0 radical (unpaired) electrons. The lowest BCUT2D eigenvalue weighted by Crippen LogP contribution is -2.41. The van der Waals surface area contributed by atoms with Gasteiger partial charge in [-0.3, -0.25) is 25.4 Å². The topological polar surface area (TPSA) is 121 Å². The number of aromatic nitrogens is 1. The van der Waals surface area contributed by atoms with Crippen molar-refractivity contribution in [3.8, 4) is 11.5 Å². The van der Waals surface area contributed by atoms with Crippen molar-refractivity contribution in [2.75, 3.05) is 10.6 Å². The van der Waals surface area contributed by atoms with Crippen LogP contribution in [0.2, 0.25) is 10.0 Å². The molecule has 12 heteroatoms. The number of carbonyl (C=O) groups is 3. The number of halogens is 3. The number of nitrogens with one attached hydrogen (secondary N) is 4. The minimum atomic E-state index is -0.745. The summed E-state index contributed by atoms with van der Waals surface area (Å²) in [6.07, 6.45) is 4.11. The van der Waals surface area contributed by atoms with Crippen molar-refractivity contribution in [3.63, 3.8) is 0 Å². The fourth-order valence-electron chi connectivity index (χ4n) is 3.18. The molecule has 9 nitrogen and oxygen atoms in total. The lowest BCUT2D eigenvalue weighted by atomic mass is 10.2. The minimum absolute atomic E-state index is 0.0582. The summed E-state index contributed by atoms with van der Waals surface area (Å²) in [4.78, 5) is 40.5. The van der Waals surface area contributed by atoms with Crippen molar-refractivity contribution in [2.45, 2.75) is 0 Å². The Morgan fingerprint density at radius 2 is 1.48 bits per heavy atom. The van der Waals surface area contributed by atoms with Gasteiger partial charge >= 0.3 is 6.03 Å². The highest BCUT2D eigenvalue weighted by atomic mass is 35.5. The number of hydrazine groups is 1. The molecule has 3 aromatic carbocycles. The van der Waals surface area contributed by atoms with Gasteiger partial charge in [-0.05, 0) is 66.2 Å². The zero-order valence-electron chi connectivity index (χ0n) is 20.5. The van der Waals surface area contributed by atoms with E-state index in [4.69, 9.17) is 27.9 Å². The van der Waals surface area contributed by atoms with E-state index in [1.54, 1.807) is 54.6 Å². The van der Waals surface area contributed by atoms with Crippen molar-refractivity contribution < 1.29 is 23.5 Å². The van der Waals surface area contributed by atoms with Crippen LogP contribution in [0.15, 0.2) is 91.1 Å². The van der Waals surface area contributed by atoms with Crippen LogP contribution < -0.4 is 26.2 Å². The van der Waals surface area contributed by atoms with Crippen LogP contribution in [0.3, 0.4) is 0 Å². The van der Waals surface area contributed by atoms with Gasteiger partial charge in [0.1, 0.15) is 23.0 Å². The van der Waals surface area contributed by atoms with Crippen LogP contribution >= 0.6 is 23.2 Å². The maximum atomic E-state index is 14.6. The molecule has 0 saturated heterocycles. The summed E-state index contributed by atoms with van der Waals surface area (Å²) >= 11 is 11.6. The largest absolute Gasteiger partial charge is 0.457 e. The third kappa shape index (κ3) is 8.29. The van der Waals surface area contributed by atoms with Gasteiger partial charge < -0.3 is 15.4 Å². The molecule has 0 aliphatic rings. The molecule has 0 aliphatic heterocycles. The third-order valence-corrected chi connectivity index (χ3v) is 5.59. The van der Waals surface area contributed by atoms with Crippen LogP contribution in [0.25, 0.3) is 6.08 Å². The molecule has 0 fully saturated rings. The van der Waals surface area contributed by atoms with Gasteiger partial charge in [0, 0.05) is 40.1 Å². The van der Waals surface area contributed by atoms with Crippen molar-refractivity contribution in [1.29, 1.82) is 0 Å². The molecule has 4 amide bonds. The number of carbonyl (C=O) groups excluding carboxylic acids is 3. The molecule has 0 atom stereocenters. The van der Waals surface area contributed by atoms with Crippen LogP contribution in [0.5, 0.6) is 11.5 Å². The third-order valence-electron chi connectivity index (χ3n) is 5.09. The van der Waals surface area contributed by atoms with Gasteiger partial charge in [0.15, 0.2) is 0 Å². The molecule has 1 aromatic heterocycles. The highest BCUT2D eigenvalue weighted by molar-refractivity contribution is 6.30. The van der Waals surface area contributed by atoms with Crippen molar-refractivity contribution in [3.05, 3.63) is 118 Å². The van der Waals surface area contributed by atoms with Gasteiger partial charge in [-0.2, -0.15) is 0 Å². The van der Waals surface area contributed by atoms with E-state index in [9.17, 15) is 18.8 Å².